The second kappa shape index (κ2) is 9.11. The zero-order chi connectivity index (χ0) is 23.7. The minimum atomic E-state index is -0.688. The van der Waals surface area contributed by atoms with Crippen LogP contribution in [0.3, 0.4) is 0 Å². The maximum Gasteiger partial charge on any atom is 0.295 e. The van der Waals surface area contributed by atoms with Gasteiger partial charge in [-0.15, -0.1) is 11.3 Å². The molecule has 0 saturated carbocycles. The molecule has 0 bridgehead atoms. The molecule has 1 unspecified atom stereocenters. The number of amides is 1. The second-order valence-corrected chi connectivity index (χ2v) is 8.91. The van der Waals surface area contributed by atoms with Crippen molar-refractivity contribution in [3.8, 4) is 11.5 Å². The number of aliphatic hydroxyl groups excluding tert-OH is 1. The number of aryl methyl sites for hydroxylation is 2. The van der Waals surface area contributed by atoms with Crippen LogP contribution in [0.1, 0.15) is 33.2 Å². The molecule has 7 heteroatoms. The van der Waals surface area contributed by atoms with Gasteiger partial charge in [-0.2, -0.15) is 0 Å². The highest BCUT2D eigenvalue weighted by atomic mass is 32.1. The molecular formula is C26H25NO5S. The van der Waals surface area contributed by atoms with Crippen LogP contribution in [-0.2, 0) is 16.1 Å². The first kappa shape index (κ1) is 22.6. The Hall–Kier alpha value is -3.58. The van der Waals surface area contributed by atoms with Crippen LogP contribution in [0, 0.1) is 13.8 Å². The van der Waals surface area contributed by atoms with Crippen LogP contribution in [0.5, 0.6) is 11.5 Å². The molecule has 1 amide bonds. The van der Waals surface area contributed by atoms with E-state index in [1.54, 1.807) is 20.3 Å². The van der Waals surface area contributed by atoms with E-state index in [9.17, 15) is 14.7 Å². The first-order chi connectivity index (χ1) is 15.8. The number of benzene rings is 2. The van der Waals surface area contributed by atoms with Crippen LogP contribution < -0.4 is 9.47 Å². The Kier molecular flexibility index (Phi) is 6.24. The molecule has 33 heavy (non-hydrogen) atoms. The zero-order valence-electron chi connectivity index (χ0n) is 18.9. The molecular weight excluding hydrogens is 438 g/mol. The molecule has 2 aromatic carbocycles. The maximum atomic E-state index is 13.2. The number of rotatable bonds is 6. The third kappa shape index (κ3) is 4.12. The number of carbonyl (C=O) groups is 2. The molecule has 1 saturated heterocycles. The Morgan fingerprint density at radius 1 is 1.03 bits per heavy atom. The number of carbonyl (C=O) groups excluding carboxylic acids is 2. The summed E-state index contributed by atoms with van der Waals surface area (Å²) in [7, 11) is 3.18. The van der Waals surface area contributed by atoms with Crippen LogP contribution in [0.15, 0.2) is 59.5 Å². The number of thiophene rings is 1. The highest BCUT2D eigenvalue weighted by molar-refractivity contribution is 7.10. The van der Waals surface area contributed by atoms with Gasteiger partial charge in [0.25, 0.3) is 11.7 Å². The van der Waals surface area contributed by atoms with Crippen molar-refractivity contribution in [1.82, 2.24) is 4.90 Å². The predicted molar refractivity (Wildman–Crippen MR) is 128 cm³/mol. The van der Waals surface area contributed by atoms with Gasteiger partial charge in [0, 0.05) is 17.0 Å². The fourth-order valence-electron chi connectivity index (χ4n) is 4.12. The van der Waals surface area contributed by atoms with Gasteiger partial charge in [-0.1, -0.05) is 18.2 Å². The van der Waals surface area contributed by atoms with Crippen molar-refractivity contribution in [2.75, 3.05) is 14.2 Å². The lowest BCUT2D eigenvalue weighted by Gasteiger charge is -2.24. The molecule has 2 heterocycles. The molecule has 1 aromatic heterocycles. The summed E-state index contributed by atoms with van der Waals surface area (Å²) in [5.41, 5.74) is 3.04. The van der Waals surface area contributed by atoms with Crippen molar-refractivity contribution in [1.29, 1.82) is 0 Å². The van der Waals surface area contributed by atoms with E-state index in [-0.39, 0.29) is 17.9 Å². The number of aliphatic hydroxyl groups is 1. The van der Waals surface area contributed by atoms with E-state index in [1.165, 1.54) is 16.2 Å². The van der Waals surface area contributed by atoms with Gasteiger partial charge in [-0.3, -0.25) is 9.59 Å². The van der Waals surface area contributed by atoms with E-state index < -0.39 is 17.7 Å². The molecule has 1 atom stereocenters. The highest BCUT2D eigenvalue weighted by Gasteiger charge is 2.46. The van der Waals surface area contributed by atoms with Gasteiger partial charge in [-0.05, 0) is 66.2 Å². The zero-order valence-corrected chi connectivity index (χ0v) is 19.7. The number of ketones is 1. The average molecular weight is 464 g/mol. The normalized spacial score (nSPS) is 17.5. The molecule has 4 rings (SSSR count). The fourth-order valence-corrected chi connectivity index (χ4v) is 4.97. The Bertz CT molecular complexity index is 1230. The molecule has 1 fully saturated rings. The number of hydrogen-bond donors (Lipinski definition) is 1. The van der Waals surface area contributed by atoms with E-state index in [0.29, 0.717) is 17.1 Å². The second-order valence-electron chi connectivity index (χ2n) is 7.93. The van der Waals surface area contributed by atoms with Gasteiger partial charge in [0.05, 0.1) is 25.8 Å². The third-order valence-corrected chi connectivity index (χ3v) is 6.79. The Morgan fingerprint density at radius 3 is 2.36 bits per heavy atom. The maximum absolute atomic E-state index is 13.2. The Balaban J connectivity index is 1.82. The van der Waals surface area contributed by atoms with Crippen LogP contribution in [0.25, 0.3) is 5.76 Å². The predicted octanol–water partition coefficient (Wildman–Crippen LogP) is 5.00. The number of hydrogen-bond acceptors (Lipinski definition) is 6. The van der Waals surface area contributed by atoms with Crippen molar-refractivity contribution in [3.63, 3.8) is 0 Å². The average Bonchev–Trinajstić information content (AvgIpc) is 3.43. The van der Waals surface area contributed by atoms with E-state index in [4.69, 9.17) is 9.47 Å². The van der Waals surface area contributed by atoms with Gasteiger partial charge in [-0.25, -0.2) is 0 Å². The highest BCUT2D eigenvalue weighted by Crippen LogP contribution is 2.42. The molecule has 170 valence electrons. The fraction of sp³-hybridized carbons (Fsp3) is 0.231. The number of Topliss-reactive ketones (excluding diaryl/α,β-unsaturated/α-hetero) is 1. The Labute approximate surface area is 196 Å². The van der Waals surface area contributed by atoms with Crippen LogP contribution in [-0.4, -0.2) is 35.9 Å². The number of ether oxygens (including phenoxy) is 2. The molecule has 1 aliphatic rings. The van der Waals surface area contributed by atoms with Crippen molar-refractivity contribution in [2.24, 2.45) is 0 Å². The molecule has 3 aromatic rings. The minimum Gasteiger partial charge on any atom is -0.507 e. The lowest BCUT2D eigenvalue weighted by atomic mass is 9.96. The van der Waals surface area contributed by atoms with Crippen molar-refractivity contribution in [3.05, 3.63) is 86.6 Å². The topological polar surface area (TPSA) is 76.1 Å². The van der Waals surface area contributed by atoms with Crippen LogP contribution in [0.2, 0.25) is 0 Å². The quantitative estimate of drug-likeness (QED) is 0.316. The molecule has 0 spiro atoms. The van der Waals surface area contributed by atoms with Gasteiger partial charge in [0.1, 0.15) is 17.3 Å². The van der Waals surface area contributed by atoms with E-state index in [0.717, 1.165) is 21.6 Å². The third-order valence-electron chi connectivity index (χ3n) is 5.86. The van der Waals surface area contributed by atoms with Crippen molar-refractivity contribution >= 4 is 28.8 Å². The van der Waals surface area contributed by atoms with Gasteiger partial charge >= 0.3 is 0 Å². The summed E-state index contributed by atoms with van der Waals surface area (Å²) >= 11 is 1.44. The molecule has 1 N–H and O–H groups in total. The van der Waals surface area contributed by atoms with Gasteiger partial charge in [0.2, 0.25) is 0 Å². The minimum absolute atomic E-state index is 0.101. The lowest BCUT2D eigenvalue weighted by molar-refractivity contribution is -0.140. The first-order valence-electron chi connectivity index (χ1n) is 10.5. The molecule has 1 aliphatic heterocycles. The summed E-state index contributed by atoms with van der Waals surface area (Å²) in [4.78, 5) is 28.7. The smallest absolute Gasteiger partial charge is 0.295 e. The molecule has 0 radical (unpaired) electrons. The van der Waals surface area contributed by atoms with E-state index in [1.807, 2.05) is 61.7 Å². The van der Waals surface area contributed by atoms with E-state index in [2.05, 4.69) is 0 Å². The number of likely N-dealkylation sites (tertiary alicyclic amines) is 1. The summed E-state index contributed by atoms with van der Waals surface area (Å²) < 4.78 is 10.6. The summed E-state index contributed by atoms with van der Waals surface area (Å²) in [5.74, 6) is -0.0899. The SMILES string of the molecule is COc1ccc(CN2C(=O)C(=O)/C(=C(\O)c3cc(C)c(OC)cc3C)C2c2cccs2)cc1. The number of methoxy groups -OCH3 is 2. The standard InChI is InChI=1S/C26H25NO5S/c1-15-13-20(32-4)16(2)12-19(15)24(28)22-23(21-6-5-11-33-21)27(26(30)25(22)29)14-17-7-9-18(31-3)10-8-17/h5-13,23,28H,14H2,1-4H3/b24-22-. The van der Waals surface area contributed by atoms with Gasteiger partial charge < -0.3 is 19.5 Å². The van der Waals surface area contributed by atoms with Crippen LogP contribution >= 0.6 is 11.3 Å². The summed E-state index contributed by atoms with van der Waals surface area (Å²) in [6.07, 6.45) is 0. The molecule has 6 nitrogen and oxygen atoms in total. The number of nitrogens with zero attached hydrogens (tertiary/aromatic N) is 1. The summed E-state index contributed by atoms with van der Waals surface area (Å²) in [6.45, 7) is 3.94. The van der Waals surface area contributed by atoms with Crippen molar-refractivity contribution < 1.29 is 24.2 Å². The van der Waals surface area contributed by atoms with E-state index >= 15 is 0 Å². The molecule has 0 aliphatic carbocycles. The first-order valence-corrected chi connectivity index (χ1v) is 11.3. The van der Waals surface area contributed by atoms with Crippen LogP contribution in [0.4, 0.5) is 0 Å². The summed E-state index contributed by atoms with van der Waals surface area (Å²) in [6, 6.07) is 14.0. The lowest BCUT2D eigenvalue weighted by Crippen LogP contribution is -2.28. The van der Waals surface area contributed by atoms with Crippen molar-refractivity contribution in [2.45, 2.75) is 26.4 Å². The summed E-state index contributed by atoms with van der Waals surface area (Å²) in [5, 5.41) is 13.2. The van der Waals surface area contributed by atoms with Gasteiger partial charge in [0.15, 0.2) is 0 Å². The monoisotopic (exact) mass is 463 g/mol. The largest absolute Gasteiger partial charge is 0.507 e. The Morgan fingerprint density at radius 2 is 1.76 bits per heavy atom.